The van der Waals surface area contributed by atoms with E-state index in [4.69, 9.17) is 0 Å². The first-order valence-electron chi connectivity index (χ1n) is 5.76. The van der Waals surface area contributed by atoms with Gasteiger partial charge in [0, 0.05) is 20.1 Å². The number of imidazole rings is 1. The molecule has 17 heavy (non-hydrogen) atoms. The monoisotopic (exact) mass is 236 g/mol. The highest BCUT2D eigenvalue weighted by atomic mass is 16.2. The zero-order chi connectivity index (χ0) is 12.6. The van der Waals surface area contributed by atoms with E-state index < -0.39 is 0 Å². The minimum atomic E-state index is -0.305. The number of aryl methyl sites for hydroxylation is 2. The first kappa shape index (κ1) is 11.6. The maximum absolute atomic E-state index is 12.2. The van der Waals surface area contributed by atoms with Crippen LogP contribution in [-0.4, -0.2) is 18.7 Å². The van der Waals surface area contributed by atoms with Gasteiger partial charge in [-0.15, -0.1) is 0 Å². The third kappa shape index (κ3) is 1.60. The van der Waals surface area contributed by atoms with Gasteiger partial charge < -0.3 is 4.57 Å². The summed E-state index contributed by atoms with van der Waals surface area (Å²) < 4.78 is 4.56. The summed E-state index contributed by atoms with van der Waals surface area (Å²) in [5, 5.41) is 0. The molecule has 0 saturated heterocycles. The molecule has 0 aliphatic rings. The minimum absolute atomic E-state index is 0.254. The maximum Gasteiger partial charge on any atom is 0.332 e. The van der Waals surface area contributed by atoms with Crippen LogP contribution in [0.2, 0.25) is 0 Å². The van der Waals surface area contributed by atoms with Gasteiger partial charge in [-0.2, -0.15) is 0 Å². The standard InChI is InChI=1S/C11H16N4O2/c1-4-6-15-9-8(12-7-13(9)3)10(16)14(5-2)11(15)17/h7H,4-6H2,1-3H3. The smallest absolute Gasteiger partial charge is 0.320 e. The summed E-state index contributed by atoms with van der Waals surface area (Å²) in [6, 6.07) is 0. The molecule has 0 radical (unpaired) electrons. The van der Waals surface area contributed by atoms with Gasteiger partial charge in [0.15, 0.2) is 5.52 Å². The van der Waals surface area contributed by atoms with Crippen molar-refractivity contribution in [3.8, 4) is 0 Å². The predicted molar refractivity (Wildman–Crippen MR) is 65.2 cm³/mol. The second kappa shape index (κ2) is 4.20. The Kier molecular flexibility index (Phi) is 2.87. The van der Waals surface area contributed by atoms with Crippen molar-refractivity contribution in [1.29, 1.82) is 0 Å². The summed E-state index contributed by atoms with van der Waals surface area (Å²) in [4.78, 5) is 28.3. The molecule has 6 nitrogen and oxygen atoms in total. The number of hydrogen-bond donors (Lipinski definition) is 0. The summed E-state index contributed by atoms with van der Waals surface area (Å²) in [5.41, 5.74) is 0.407. The van der Waals surface area contributed by atoms with Crippen LogP contribution in [0, 0.1) is 0 Å². The average Bonchev–Trinajstić information content (AvgIpc) is 2.68. The van der Waals surface area contributed by atoms with E-state index in [1.54, 1.807) is 29.4 Å². The highest BCUT2D eigenvalue weighted by molar-refractivity contribution is 5.69. The zero-order valence-electron chi connectivity index (χ0n) is 10.3. The molecule has 0 atom stereocenters. The van der Waals surface area contributed by atoms with Crippen molar-refractivity contribution in [2.45, 2.75) is 33.4 Å². The number of hydrogen-bond acceptors (Lipinski definition) is 3. The summed E-state index contributed by atoms with van der Waals surface area (Å²) in [5.74, 6) is 0. The Labute approximate surface area is 98.1 Å². The van der Waals surface area contributed by atoms with Crippen LogP contribution in [0.1, 0.15) is 20.3 Å². The third-order valence-corrected chi connectivity index (χ3v) is 2.83. The summed E-state index contributed by atoms with van der Waals surface area (Å²) in [6.45, 7) is 4.74. The highest BCUT2D eigenvalue weighted by Crippen LogP contribution is 2.05. The largest absolute Gasteiger partial charge is 0.332 e. The van der Waals surface area contributed by atoms with E-state index in [2.05, 4.69) is 4.98 Å². The normalized spacial score (nSPS) is 11.2. The van der Waals surface area contributed by atoms with E-state index in [1.807, 2.05) is 6.92 Å². The molecule has 0 N–H and O–H groups in total. The summed E-state index contributed by atoms with van der Waals surface area (Å²) in [6.07, 6.45) is 2.40. The quantitative estimate of drug-likeness (QED) is 0.771. The van der Waals surface area contributed by atoms with Crippen LogP contribution in [0.15, 0.2) is 15.9 Å². The molecular weight excluding hydrogens is 220 g/mol. The van der Waals surface area contributed by atoms with E-state index in [1.165, 1.54) is 4.57 Å². The first-order chi connectivity index (χ1) is 8.11. The van der Waals surface area contributed by atoms with E-state index in [9.17, 15) is 9.59 Å². The molecule has 0 unspecified atom stereocenters. The molecular formula is C11H16N4O2. The van der Waals surface area contributed by atoms with Gasteiger partial charge in [0.2, 0.25) is 0 Å². The minimum Gasteiger partial charge on any atom is -0.320 e. The van der Waals surface area contributed by atoms with Crippen molar-refractivity contribution in [3.63, 3.8) is 0 Å². The van der Waals surface area contributed by atoms with Gasteiger partial charge in [0.05, 0.1) is 6.33 Å². The number of fused-ring (bicyclic) bond motifs is 1. The SMILES string of the molecule is CCCn1c(=O)n(CC)c(=O)c2ncn(C)c21. The van der Waals surface area contributed by atoms with Crippen LogP contribution in [0.4, 0.5) is 0 Å². The molecule has 0 bridgehead atoms. The van der Waals surface area contributed by atoms with Crippen molar-refractivity contribution in [2.24, 2.45) is 7.05 Å². The van der Waals surface area contributed by atoms with Crippen LogP contribution < -0.4 is 11.2 Å². The van der Waals surface area contributed by atoms with Gasteiger partial charge in [-0.25, -0.2) is 9.78 Å². The molecule has 2 rings (SSSR count). The maximum atomic E-state index is 12.2. The Morgan fingerprint density at radius 2 is 1.94 bits per heavy atom. The lowest BCUT2D eigenvalue weighted by atomic mass is 10.4. The predicted octanol–water partition coefficient (Wildman–Crippen LogP) is 0.327. The molecule has 0 aromatic carbocycles. The molecule has 2 aromatic heterocycles. The van der Waals surface area contributed by atoms with Crippen LogP contribution >= 0.6 is 0 Å². The van der Waals surface area contributed by atoms with Crippen LogP contribution in [0.5, 0.6) is 0 Å². The molecule has 0 spiro atoms. The Morgan fingerprint density at radius 3 is 2.53 bits per heavy atom. The van der Waals surface area contributed by atoms with Gasteiger partial charge in [-0.1, -0.05) is 6.92 Å². The van der Waals surface area contributed by atoms with Crippen molar-refractivity contribution < 1.29 is 0 Å². The zero-order valence-corrected chi connectivity index (χ0v) is 10.3. The fourth-order valence-corrected chi connectivity index (χ4v) is 2.05. The Bertz CT molecular complexity index is 662. The lowest BCUT2D eigenvalue weighted by molar-refractivity contribution is 0.574. The van der Waals surface area contributed by atoms with Gasteiger partial charge in [-0.05, 0) is 13.3 Å². The Balaban J connectivity index is 2.98. The highest BCUT2D eigenvalue weighted by Gasteiger charge is 2.15. The Hall–Kier alpha value is -1.85. The molecule has 0 saturated carbocycles. The first-order valence-corrected chi connectivity index (χ1v) is 5.76. The van der Waals surface area contributed by atoms with Crippen molar-refractivity contribution in [2.75, 3.05) is 0 Å². The fraction of sp³-hybridized carbons (Fsp3) is 0.545. The topological polar surface area (TPSA) is 61.8 Å². The fourth-order valence-electron chi connectivity index (χ4n) is 2.05. The second-order valence-corrected chi connectivity index (χ2v) is 4.01. The lowest BCUT2D eigenvalue weighted by Crippen LogP contribution is -2.40. The van der Waals surface area contributed by atoms with E-state index in [0.29, 0.717) is 24.3 Å². The molecule has 2 heterocycles. The lowest BCUT2D eigenvalue weighted by Gasteiger charge is -2.10. The summed E-state index contributed by atoms with van der Waals surface area (Å²) in [7, 11) is 1.79. The van der Waals surface area contributed by atoms with E-state index in [0.717, 1.165) is 6.42 Å². The van der Waals surface area contributed by atoms with E-state index in [-0.39, 0.29) is 11.2 Å². The molecule has 92 valence electrons. The molecule has 2 aromatic rings. The third-order valence-electron chi connectivity index (χ3n) is 2.83. The van der Waals surface area contributed by atoms with Gasteiger partial charge in [0.25, 0.3) is 5.56 Å². The summed E-state index contributed by atoms with van der Waals surface area (Å²) >= 11 is 0. The van der Waals surface area contributed by atoms with Crippen LogP contribution in [-0.2, 0) is 20.1 Å². The van der Waals surface area contributed by atoms with Crippen LogP contribution in [0.25, 0.3) is 11.2 Å². The molecule has 0 amide bonds. The molecule has 6 heteroatoms. The average molecular weight is 236 g/mol. The second-order valence-electron chi connectivity index (χ2n) is 4.01. The van der Waals surface area contributed by atoms with Gasteiger partial charge in [0.1, 0.15) is 5.65 Å². The van der Waals surface area contributed by atoms with Crippen molar-refractivity contribution in [1.82, 2.24) is 18.7 Å². The van der Waals surface area contributed by atoms with Crippen LogP contribution in [0.3, 0.4) is 0 Å². The molecule has 0 aliphatic carbocycles. The van der Waals surface area contributed by atoms with Crippen molar-refractivity contribution in [3.05, 3.63) is 27.2 Å². The molecule has 0 fully saturated rings. The molecule has 0 aliphatic heterocycles. The number of nitrogens with zero attached hydrogens (tertiary/aromatic N) is 4. The van der Waals surface area contributed by atoms with E-state index >= 15 is 0 Å². The van der Waals surface area contributed by atoms with Crippen molar-refractivity contribution >= 4 is 11.2 Å². The van der Waals surface area contributed by atoms with Gasteiger partial charge >= 0.3 is 5.69 Å². The number of aromatic nitrogens is 4. The number of rotatable bonds is 3. The Morgan fingerprint density at radius 1 is 1.24 bits per heavy atom. The van der Waals surface area contributed by atoms with Gasteiger partial charge in [-0.3, -0.25) is 13.9 Å².